The molecule has 1 saturated heterocycles. The molecule has 31 heavy (non-hydrogen) atoms. The van der Waals surface area contributed by atoms with Gasteiger partial charge in [-0.15, -0.1) is 0 Å². The molecule has 1 amide bonds. The largest absolute Gasteiger partial charge is 0.475 e. The molecule has 0 saturated carbocycles. The third kappa shape index (κ3) is 4.88. The van der Waals surface area contributed by atoms with Gasteiger partial charge in [0.1, 0.15) is 18.3 Å². The van der Waals surface area contributed by atoms with Crippen molar-refractivity contribution in [1.82, 2.24) is 19.4 Å². The minimum Gasteiger partial charge on any atom is -0.475 e. The second-order valence-electron chi connectivity index (χ2n) is 8.37. The van der Waals surface area contributed by atoms with Crippen molar-refractivity contribution >= 4 is 17.1 Å². The number of benzene rings is 1. The van der Waals surface area contributed by atoms with Gasteiger partial charge in [-0.05, 0) is 39.0 Å². The zero-order valence-electron chi connectivity index (χ0n) is 17.8. The van der Waals surface area contributed by atoms with Crippen LogP contribution in [0.1, 0.15) is 20.8 Å². The minimum absolute atomic E-state index is 0.227. The molecule has 3 aromatic rings. The zero-order valence-corrected chi connectivity index (χ0v) is 17.8. The van der Waals surface area contributed by atoms with Crippen molar-refractivity contribution in [2.45, 2.75) is 32.5 Å². The van der Waals surface area contributed by atoms with E-state index in [2.05, 4.69) is 9.97 Å². The van der Waals surface area contributed by atoms with Gasteiger partial charge in [0.25, 0.3) is 0 Å². The predicted octanol–water partition coefficient (Wildman–Crippen LogP) is 2.73. The van der Waals surface area contributed by atoms with Crippen LogP contribution in [0, 0.1) is 0 Å². The lowest BCUT2D eigenvalue weighted by Crippen LogP contribution is -2.49. The van der Waals surface area contributed by atoms with E-state index >= 15 is 0 Å². The standard InChI is InChI=1S/C22H26N4O5/c1-22(2,3)31-21(28)25-10-11-29-16(13-25)14-30-19-9-8-15(12-23-19)26-18-7-5-4-6-17(18)24-20(26)27/h4-9,12,16H,10-11,13-14H2,1-3H3,(H,24,27)/t16-/m0/s1. The minimum atomic E-state index is -0.542. The molecule has 9 heteroatoms. The number of imidazole rings is 1. The number of carbonyl (C=O) groups excluding carboxylic acids is 1. The first-order chi connectivity index (χ1) is 14.8. The van der Waals surface area contributed by atoms with Gasteiger partial charge in [0.15, 0.2) is 0 Å². The molecule has 0 bridgehead atoms. The molecule has 1 aromatic carbocycles. The summed E-state index contributed by atoms with van der Waals surface area (Å²) in [7, 11) is 0. The monoisotopic (exact) mass is 426 g/mol. The molecule has 0 spiro atoms. The number of morpholine rings is 1. The first kappa shape index (κ1) is 20.9. The van der Waals surface area contributed by atoms with Gasteiger partial charge in [-0.25, -0.2) is 14.6 Å². The number of amides is 1. The second-order valence-corrected chi connectivity index (χ2v) is 8.37. The lowest BCUT2D eigenvalue weighted by Gasteiger charge is -2.34. The molecule has 0 aliphatic carbocycles. The Morgan fingerprint density at radius 2 is 2.06 bits per heavy atom. The fraction of sp³-hybridized carbons (Fsp3) is 0.409. The summed E-state index contributed by atoms with van der Waals surface area (Å²) >= 11 is 0. The number of nitrogens with zero attached hydrogens (tertiary/aromatic N) is 3. The number of fused-ring (bicyclic) bond motifs is 1. The highest BCUT2D eigenvalue weighted by molar-refractivity contribution is 5.77. The Labute approximate surface area is 179 Å². The number of pyridine rings is 1. The van der Waals surface area contributed by atoms with Crippen molar-refractivity contribution in [3.05, 3.63) is 53.1 Å². The highest BCUT2D eigenvalue weighted by Gasteiger charge is 2.28. The maximum atomic E-state index is 12.3. The summed E-state index contributed by atoms with van der Waals surface area (Å²) in [6, 6.07) is 10.9. The average Bonchev–Trinajstić information content (AvgIpc) is 3.07. The highest BCUT2D eigenvalue weighted by atomic mass is 16.6. The van der Waals surface area contributed by atoms with Crippen LogP contribution in [0.15, 0.2) is 47.4 Å². The molecule has 1 N–H and O–H groups in total. The Morgan fingerprint density at radius 3 is 2.81 bits per heavy atom. The second kappa shape index (κ2) is 8.43. The summed E-state index contributed by atoms with van der Waals surface area (Å²) in [5.74, 6) is 0.412. The highest BCUT2D eigenvalue weighted by Crippen LogP contribution is 2.18. The molecule has 3 heterocycles. The zero-order chi connectivity index (χ0) is 22.0. The van der Waals surface area contributed by atoms with E-state index in [1.54, 1.807) is 27.8 Å². The lowest BCUT2D eigenvalue weighted by molar-refractivity contribution is -0.0561. The molecule has 2 aromatic heterocycles. The molecule has 0 radical (unpaired) electrons. The third-order valence-corrected chi connectivity index (χ3v) is 4.78. The van der Waals surface area contributed by atoms with Crippen LogP contribution in [0.5, 0.6) is 5.88 Å². The van der Waals surface area contributed by atoms with Crippen LogP contribution in [0.25, 0.3) is 16.7 Å². The number of hydrogen-bond acceptors (Lipinski definition) is 6. The van der Waals surface area contributed by atoms with Crippen molar-refractivity contribution < 1.29 is 19.0 Å². The van der Waals surface area contributed by atoms with Crippen LogP contribution in [0.3, 0.4) is 0 Å². The number of aromatic amines is 1. The Hall–Kier alpha value is -3.33. The van der Waals surface area contributed by atoms with E-state index in [1.807, 2.05) is 45.0 Å². The van der Waals surface area contributed by atoms with Crippen molar-refractivity contribution in [3.63, 3.8) is 0 Å². The molecular formula is C22H26N4O5. The van der Waals surface area contributed by atoms with Crippen molar-refractivity contribution in [3.8, 4) is 11.6 Å². The fourth-order valence-corrected chi connectivity index (χ4v) is 3.39. The number of hydrogen-bond donors (Lipinski definition) is 1. The normalized spacial score (nSPS) is 17.0. The first-order valence-corrected chi connectivity index (χ1v) is 10.2. The number of rotatable bonds is 4. The molecular weight excluding hydrogens is 400 g/mol. The first-order valence-electron chi connectivity index (χ1n) is 10.2. The summed E-state index contributed by atoms with van der Waals surface area (Å²) in [5, 5.41) is 0. The molecule has 1 fully saturated rings. The summed E-state index contributed by atoms with van der Waals surface area (Å²) in [5.41, 5.74) is 1.41. The third-order valence-electron chi connectivity index (χ3n) is 4.78. The number of ether oxygens (including phenoxy) is 3. The van der Waals surface area contributed by atoms with Crippen molar-refractivity contribution in [1.29, 1.82) is 0 Å². The van der Waals surface area contributed by atoms with E-state index in [1.165, 1.54) is 0 Å². The van der Waals surface area contributed by atoms with Crippen LogP contribution in [-0.2, 0) is 9.47 Å². The van der Waals surface area contributed by atoms with Crippen LogP contribution in [0.4, 0.5) is 4.79 Å². The average molecular weight is 426 g/mol. The molecule has 1 aliphatic rings. The predicted molar refractivity (Wildman–Crippen MR) is 115 cm³/mol. The van der Waals surface area contributed by atoms with Gasteiger partial charge in [-0.3, -0.25) is 4.57 Å². The van der Waals surface area contributed by atoms with Crippen LogP contribution in [-0.4, -0.2) is 63.5 Å². The van der Waals surface area contributed by atoms with Crippen LogP contribution in [0.2, 0.25) is 0 Å². The van der Waals surface area contributed by atoms with E-state index in [-0.39, 0.29) is 24.5 Å². The van der Waals surface area contributed by atoms with Gasteiger partial charge in [-0.2, -0.15) is 0 Å². The van der Waals surface area contributed by atoms with Gasteiger partial charge in [-0.1, -0.05) is 12.1 Å². The SMILES string of the molecule is CC(C)(C)OC(=O)N1CCO[C@H](COc2ccc(-n3c(=O)[nH]c4ccccc43)cn2)C1. The van der Waals surface area contributed by atoms with E-state index in [4.69, 9.17) is 14.2 Å². The van der Waals surface area contributed by atoms with Gasteiger partial charge >= 0.3 is 11.8 Å². The van der Waals surface area contributed by atoms with Crippen molar-refractivity contribution in [2.75, 3.05) is 26.3 Å². The number of para-hydroxylation sites is 2. The fourth-order valence-electron chi connectivity index (χ4n) is 3.39. The number of carbonyl (C=O) groups is 1. The molecule has 4 rings (SSSR count). The number of aromatic nitrogens is 3. The molecule has 1 aliphatic heterocycles. The molecule has 1 atom stereocenters. The topological polar surface area (TPSA) is 98.7 Å². The maximum absolute atomic E-state index is 12.3. The maximum Gasteiger partial charge on any atom is 0.410 e. The quantitative estimate of drug-likeness (QED) is 0.689. The molecule has 0 unspecified atom stereocenters. The van der Waals surface area contributed by atoms with Gasteiger partial charge in [0.05, 0.1) is 36.1 Å². The van der Waals surface area contributed by atoms with Gasteiger partial charge in [0.2, 0.25) is 5.88 Å². The Bertz CT molecular complexity index is 1110. The van der Waals surface area contributed by atoms with Crippen molar-refractivity contribution in [2.24, 2.45) is 0 Å². The van der Waals surface area contributed by atoms with Gasteiger partial charge in [0, 0.05) is 12.6 Å². The molecule has 164 valence electrons. The number of H-pyrrole nitrogens is 1. The van der Waals surface area contributed by atoms with E-state index in [9.17, 15) is 9.59 Å². The summed E-state index contributed by atoms with van der Waals surface area (Å²) < 4.78 is 18.4. The Balaban J connectivity index is 1.38. The van der Waals surface area contributed by atoms with Crippen LogP contribution >= 0.6 is 0 Å². The summed E-state index contributed by atoms with van der Waals surface area (Å²) in [6.07, 6.45) is 0.956. The number of nitrogens with one attached hydrogen (secondary N) is 1. The Kier molecular flexibility index (Phi) is 5.69. The Morgan fingerprint density at radius 1 is 1.26 bits per heavy atom. The smallest absolute Gasteiger partial charge is 0.410 e. The van der Waals surface area contributed by atoms with Gasteiger partial charge < -0.3 is 24.1 Å². The lowest BCUT2D eigenvalue weighted by atomic mass is 10.2. The van der Waals surface area contributed by atoms with Crippen LogP contribution < -0.4 is 10.4 Å². The summed E-state index contributed by atoms with van der Waals surface area (Å²) in [6.45, 7) is 7.06. The molecule has 9 nitrogen and oxygen atoms in total. The van der Waals surface area contributed by atoms with E-state index in [0.29, 0.717) is 31.3 Å². The van der Waals surface area contributed by atoms with E-state index in [0.717, 1.165) is 11.0 Å². The van der Waals surface area contributed by atoms with E-state index < -0.39 is 5.60 Å². The summed E-state index contributed by atoms with van der Waals surface area (Å²) in [4.78, 5) is 33.4.